The van der Waals surface area contributed by atoms with Gasteiger partial charge in [-0.15, -0.1) is 0 Å². The van der Waals surface area contributed by atoms with Crippen LogP contribution in [0.4, 0.5) is 0 Å². The van der Waals surface area contributed by atoms with Crippen LogP contribution in [-0.2, 0) is 0 Å². The van der Waals surface area contributed by atoms with Crippen LogP contribution in [0.3, 0.4) is 0 Å². The van der Waals surface area contributed by atoms with Gasteiger partial charge >= 0.3 is 0 Å². The minimum Gasteiger partial charge on any atom is -0.304 e. The molecule has 4 aromatic heterocycles. The maximum absolute atomic E-state index is 4.57. The number of fused-ring (bicyclic) bond motifs is 2. The van der Waals surface area contributed by atoms with E-state index >= 15 is 0 Å². The first-order chi connectivity index (χ1) is 12.4. The number of rotatable bonds is 2. The van der Waals surface area contributed by atoms with E-state index in [4.69, 9.17) is 0 Å². The van der Waals surface area contributed by atoms with Gasteiger partial charge in [-0.2, -0.15) is 0 Å². The normalized spacial score (nSPS) is 11.4. The molecule has 0 aliphatic heterocycles. The summed E-state index contributed by atoms with van der Waals surface area (Å²) in [7, 11) is 0. The average molecular weight is 349 g/mol. The Kier molecular flexibility index (Phi) is 5.07. The zero-order valence-electron chi connectivity index (χ0n) is 16.4. The van der Waals surface area contributed by atoms with Crippen LogP contribution < -0.4 is 0 Å². The quantitative estimate of drug-likeness (QED) is 0.516. The lowest BCUT2D eigenvalue weighted by atomic mass is 10.1. The molecule has 4 aromatic rings. The molecule has 4 rings (SSSR count). The van der Waals surface area contributed by atoms with Crippen molar-refractivity contribution in [3.8, 4) is 0 Å². The van der Waals surface area contributed by atoms with E-state index in [1.54, 1.807) is 6.20 Å². The SMILES string of the molecule is Cc1c(C(C)C)nc2ccccn12.Cc1c(C(C)C)nc2ncccn12. The van der Waals surface area contributed by atoms with Crippen LogP contribution >= 0.6 is 0 Å². The monoisotopic (exact) mass is 349 g/mol. The van der Waals surface area contributed by atoms with Crippen LogP contribution in [0, 0.1) is 13.8 Å². The second kappa shape index (κ2) is 7.28. The second-order valence-corrected chi connectivity index (χ2v) is 7.19. The van der Waals surface area contributed by atoms with Crippen molar-refractivity contribution in [3.05, 3.63) is 65.6 Å². The molecule has 0 saturated carbocycles. The van der Waals surface area contributed by atoms with Gasteiger partial charge in [0.15, 0.2) is 0 Å². The first-order valence-electron chi connectivity index (χ1n) is 9.13. The van der Waals surface area contributed by atoms with Gasteiger partial charge in [0.1, 0.15) is 5.65 Å². The standard InChI is InChI=1S/C11H14N2.C10H13N3/c1-8(2)11-9(3)13-7-5-4-6-10(13)12-11;1-7(2)9-8(3)13-6-4-5-11-10(13)12-9/h4-8H,1-3H3;4-7H,1-3H3. The Bertz CT molecular complexity index is 939. The van der Waals surface area contributed by atoms with E-state index < -0.39 is 0 Å². The van der Waals surface area contributed by atoms with Crippen LogP contribution in [0.25, 0.3) is 11.4 Å². The highest BCUT2D eigenvalue weighted by molar-refractivity contribution is 5.43. The number of hydrogen-bond acceptors (Lipinski definition) is 3. The summed E-state index contributed by atoms with van der Waals surface area (Å²) in [6.07, 6.45) is 5.83. The van der Waals surface area contributed by atoms with Crippen molar-refractivity contribution >= 4 is 11.4 Å². The van der Waals surface area contributed by atoms with Gasteiger partial charge in [0.05, 0.1) is 11.4 Å². The molecular formula is C21H27N5. The fraction of sp³-hybridized carbons (Fsp3) is 0.381. The molecule has 0 radical (unpaired) electrons. The minimum absolute atomic E-state index is 0.460. The van der Waals surface area contributed by atoms with Gasteiger partial charge in [0, 0.05) is 30.0 Å². The zero-order valence-corrected chi connectivity index (χ0v) is 16.4. The molecule has 0 aromatic carbocycles. The van der Waals surface area contributed by atoms with Crippen molar-refractivity contribution in [2.24, 2.45) is 0 Å². The minimum atomic E-state index is 0.460. The van der Waals surface area contributed by atoms with Crippen LogP contribution in [-0.4, -0.2) is 23.8 Å². The Morgan fingerprint density at radius 2 is 1.38 bits per heavy atom. The van der Waals surface area contributed by atoms with Crippen LogP contribution in [0.15, 0.2) is 42.9 Å². The lowest BCUT2D eigenvalue weighted by Crippen LogP contribution is -1.91. The van der Waals surface area contributed by atoms with Crippen molar-refractivity contribution < 1.29 is 0 Å². The third kappa shape index (κ3) is 3.34. The first kappa shape index (κ1) is 18.1. The summed E-state index contributed by atoms with van der Waals surface area (Å²) in [6.45, 7) is 12.8. The van der Waals surface area contributed by atoms with E-state index in [9.17, 15) is 0 Å². The fourth-order valence-electron chi connectivity index (χ4n) is 3.25. The predicted octanol–water partition coefficient (Wildman–Crippen LogP) is 4.93. The molecule has 26 heavy (non-hydrogen) atoms. The summed E-state index contributed by atoms with van der Waals surface area (Å²) >= 11 is 0. The number of hydrogen-bond donors (Lipinski definition) is 0. The Hall–Kier alpha value is -2.69. The topological polar surface area (TPSA) is 47.5 Å². The van der Waals surface area contributed by atoms with Crippen molar-refractivity contribution in [1.29, 1.82) is 0 Å². The van der Waals surface area contributed by atoms with Gasteiger partial charge in [0.25, 0.3) is 0 Å². The Morgan fingerprint density at radius 1 is 0.769 bits per heavy atom. The second-order valence-electron chi connectivity index (χ2n) is 7.19. The van der Waals surface area contributed by atoms with Crippen LogP contribution in [0.1, 0.15) is 62.3 Å². The average Bonchev–Trinajstić information content (AvgIpc) is 3.14. The molecule has 0 spiro atoms. The molecule has 5 nitrogen and oxygen atoms in total. The first-order valence-corrected chi connectivity index (χ1v) is 9.13. The molecule has 136 valence electrons. The molecule has 0 amide bonds. The molecule has 0 saturated heterocycles. The molecular weight excluding hydrogens is 322 g/mol. The van der Waals surface area contributed by atoms with E-state index in [1.165, 1.54) is 17.1 Å². The van der Waals surface area contributed by atoms with Gasteiger partial charge in [0.2, 0.25) is 5.78 Å². The molecule has 0 aliphatic carbocycles. The van der Waals surface area contributed by atoms with Crippen LogP contribution in [0.2, 0.25) is 0 Å². The van der Waals surface area contributed by atoms with Gasteiger partial charge in [-0.05, 0) is 43.9 Å². The highest BCUT2D eigenvalue weighted by atomic mass is 15.1. The highest BCUT2D eigenvalue weighted by Gasteiger charge is 2.11. The third-order valence-corrected chi connectivity index (χ3v) is 4.58. The molecule has 0 fully saturated rings. The van der Waals surface area contributed by atoms with Crippen molar-refractivity contribution in [2.75, 3.05) is 0 Å². The molecule has 0 bridgehead atoms. The maximum Gasteiger partial charge on any atom is 0.234 e. The number of aromatic nitrogens is 5. The summed E-state index contributed by atoms with van der Waals surface area (Å²) in [4.78, 5) is 13.2. The summed E-state index contributed by atoms with van der Waals surface area (Å²) in [5, 5.41) is 0. The molecule has 0 unspecified atom stereocenters. The van der Waals surface area contributed by atoms with E-state index in [0.717, 1.165) is 17.1 Å². The molecule has 5 heteroatoms. The summed E-state index contributed by atoms with van der Waals surface area (Å²) in [5.41, 5.74) is 5.83. The lowest BCUT2D eigenvalue weighted by Gasteiger charge is -2.00. The Labute approximate surface area is 154 Å². The third-order valence-electron chi connectivity index (χ3n) is 4.58. The van der Waals surface area contributed by atoms with E-state index in [-0.39, 0.29) is 0 Å². The number of imidazole rings is 2. The fourth-order valence-corrected chi connectivity index (χ4v) is 3.25. The summed E-state index contributed by atoms with van der Waals surface area (Å²) < 4.78 is 4.16. The van der Waals surface area contributed by atoms with Crippen LogP contribution in [0.5, 0.6) is 0 Å². The smallest absolute Gasteiger partial charge is 0.234 e. The van der Waals surface area contributed by atoms with Gasteiger partial charge in [-0.3, -0.25) is 4.40 Å². The van der Waals surface area contributed by atoms with E-state index in [2.05, 4.69) is 67.1 Å². The number of nitrogens with zero attached hydrogens (tertiary/aromatic N) is 5. The molecule has 4 heterocycles. The van der Waals surface area contributed by atoms with Gasteiger partial charge in [-0.25, -0.2) is 15.0 Å². The van der Waals surface area contributed by atoms with E-state index in [1.807, 2.05) is 34.9 Å². The Balaban J connectivity index is 0.000000151. The van der Waals surface area contributed by atoms with Gasteiger partial charge in [-0.1, -0.05) is 33.8 Å². The molecule has 0 aliphatic rings. The zero-order chi connectivity index (χ0) is 18.8. The van der Waals surface area contributed by atoms with Gasteiger partial charge < -0.3 is 4.40 Å². The van der Waals surface area contributed by atoms with E-state index in [0.29, 0.717) is 11.8 Å². The van der Waals surface area contributed by atoms with Crippen molar-refractivity contribution in [2.45, 2.75) is 53.4 Å². The molecule has 0 N–H and O–H groups in total. The lowest BCUT2D eigenvalue weighted by molar-refractivity contribution is 0.821. The summed E-state index contributed by atoms with van der Waals surface area (Å²) in [6, 6.07) is 8.02. The number of aryl methyl sites for hydroxylation is 2. The maximum atomic E-state index is 4.57. The summed E-state index contributed by atoms with van der Waals surface area (Å²) in [5.74, 6) is 1.75. The Morgan fingerprint density at radius 3 is 2.00 bits per heavy atom. The predicted molar refractivity (Wildman–Crippen MR) is 106 cm³/mol. The molecule has 0 atom stereocenters. The largest absolute Gasteiger partial charge is 0.304 e. The van der Waals surface area contributed by atoms with Crippen molar-refractivity contribution in [3.63, 3.8) is 0 Å². The van der Waals surface area contributed by atoms with Crippen molar-refractivity contribution in [1.82, 2.24) is 23.8 Å². The number of pyridine rings is 1. The highest BCUT2D eigenvalue weighted by Crippen LogP contribution is 2.19.